The summed E-state index contributed by atoms with van der Waals surface area (Å²) in [6.45, 7) is 1.75. The summed E-state index contributed by atoms with van der Waals surface area (Å²) in [4.78, 5) is 17.3. The number of anilines is 1. The highest BCUT2D eigenvalue weighted by molar-refractivity contribution is 6.05. The standard InChI is InChI=1S/C20H16F3N7O/c1-12-9-13(17-5-6-25-29(17)2)3-4-15(12)19(31)28-14-10-16(20(21,22)23)18(24-11-14)30-26-7-8-27-30/h3-11H,1-2H3,(H,28,31). The van der Waals surface area contributed by atoms with Crippen molar-refractivity contribution in [2.24, 2.45) is 7.05 Å². The fourth-order valence-electron chi connectivity index (χ4n) is 3.15. The normalized spacial score (nSPS) is 11.5. The van der Waals surface area contributed by atoms with Crippen LogP contribution < -0.4 is 5.32 Å². The van der Waals surface area contributed by atoms with Gasteiger partial charge in [-0.1, -0.05) is 6.07 Å². The van der Waals surface area contributed by atoms with E-state index in [0.717, 1.165) is 28.3 Å². The van der Waals surface area contributed by atoms with Gasteiger partial charge in [0.25, 0.3) is 5.91 Å². The number of nitrogens with zero attached hydrogens (tertiary/aromatic N) is 6. The van der Waals surface area contributed by atoms with Gasteiger partial charge in [-0.05, 0) is 36.8 Å². The van der Waals surface area contributed by atoms with Crippen LogP contribution in [-0.4, -0.2) is 35.7 Å². The van der Waals surface area contributed by atoms with E-state index < -0.39 is 23.5 Å². The van der Waals surface area contributed by atoms with Crippen molar-refractivity contribution in [3.63, 3.8) is 0 Å². The number of hydrogen-bond donors (Lipinski definition) is 1. The van der Waals surface area contributed by atoms with E-state index in [2.05, 4.69) is 25.6 Å². The van der Waals surface area contributed by atoms with Crippen LogP contribution in [0.1, 0.15) is 21.5 Å². The number of nitrogens with one attached hydrogen (secondary N) is 1. The molecule has 4 rings (SSSR count). The Morgan fingerprint density at radius 3 is 2.39 bits per heavy atom. The van der Waals surface area contributed by atoms with Crippen LogP contribution in [0.2, 0.25) is 0 Å². The largest absolute Gasteiger partial charge is 0.420 e. The molecule has 0 aliphatic heterocycles. The van der Waals surface area contributed by atoms with Gasteiger partial charge in [-0.15, -0.1) is 4.80 Å². The Labute approximate surface area is 174 Å². The van der Waals surface area contributed by atoms with E-state index in [0.29, 0.717) is 11.1 Å². The number of rotatable bonds is 4. The van der Waals surface area contributed by atoms with Gasteiger partial charge in [0.15, 0.2) is 5.82 Å². The molecule has 158 valence electrons. The lowest BCUT2D eigenvalue weighted by Gasteiger charge is -2.14. The second-order valence-electron chi connectivity index (χ2n) is 6.74. The summed E-state index contributed by atoms with van der Waals surface area (Å²) < 4.78 is 42.3. The van der Waals surface area contributed by atoms with Gasteiger partial charge in [0.2, 0.25) is 0 Å². The Bertz CT molecular complexity index is 1250. The topological polar surface area (TPSA) is 90.5 Å². The number of carbonyl (C=O) groups excluding carboxylic acids is 1. The number of halogens is 3. The number of pyridine rings is 1. The van der Waals surface area contributed by atoms with Crippen LogP contribution >= 0.6 is 0 Å². The average molecular weight is 427 g/mol. The van der Waals surface area contributed by atoms with E-state index in [4.69, 9.17) is 0 Å². The highest BCUT2D eigenvalue weighted by Gasteiger charge is 2.36. The molecule has 0 saturated heterocycles. The molecule has 0 atom stereocenters. The summed E-state index contributed by atoms with van der Waals surface area (Å²) in [6, 6.07) is 7.84. The summed E-state index contributed by atoms with van der Waals surface area (Å²) in [5, 5.41) is 14.0. The smallest absolute Gasteiger partial charge is 0.321 e. The van der Waals surface area contributed by atoms with E-state index in [1.807, 2.05) is 12.1 Å². The lowest BCUT2D eigenvalue weighted by Crippen LogP contribution is -2.17. The number of carbonyl (C=O) groups is 1. The molecule has 0 aliphatic carbocycles. The van der Waals surface area contributed by atoms with Crippen molar-refractivity contribution in [1.82, 2.24) is 29.8 Å². The van der Waals surface area contributed by atoms with Crippen molar-refractivity contribution in [3.8, 4) is 17.1 Å². The van der Waals surface area contributed by atoms with Crippen molar-refractivity contribution in [2.75, 3.05) is 5.32 Å². The fraction of sp³-hybridized carbons (Fsp3) is 0.150. The predicted molar refractivity (Wildman–Crippen MR) is 105 cm³/mol. The monoisotopic (exact) mass is 427 g/mol. The number of amides is 1. The predicted octanol–water partition coefficient (Wildman–Crippen LogP) is 3.64. The fourth-order valence-corrected chi connectivity index (χ4v) is 3.15. The number of alkyl halides is 3. The second-order valence-corrected chi connectivity index (χ2v) is 6.74. The number of aryl methyl sites for hydroxylation is 2. The third kappa shape index (κ3) is 4.02. The summed E-state index contributed by atoms with van der Waals surface area (Å²) >= 11 is 0. The van der Waals surface area contributed by atoms with Gasteiger partial charge in [0, 0.05) is 24.4 Å². The van der Waals surface area contributed by atoms with E-state index in [9.17, 15) is 18.0 Å². The van der Waals surface area contributed by atoms with Crippen molar-refractivity contribution >= 4 is 11.6 Å². The molecule has 0 fully saturated rings. The van der Waals surface area contributed by atoms with Gasteiger partial charge < -0.3 is 5.32 Å². The average Bonchev–Trinajstić information content (AvgIpc) is 3.39. The molecule has 1 amide bonds. The minimum Gasteiger partial charge on any atom is -0.321 e. The molecule has 8 nitrogen and oxygen atoms in total. The van der Waals surface area contributed by atoms with Crippen molar-refractivity contribution in [2.45, 2.75) is 13.1 Å². The molecule has 0 saturated carbocycles. The molecule has 11 heteroatoms. The first-order valence-corrected chi connectivity index (χ1v) is 9.08. The van der Waals surface area contributed by atoms with Gasteiger partial charge in [0.1, 0.15) is 5.56 Å². The zero-order valence-electron chi connectivity index (χ0n) is 16.4. The Morgan fingerprint density at radius 1 is 1.03 bits per heavy atom. The molecule has 0 radical (unpaired) electrons. The maximum Gasteiger partial charge on any atom is 0.420 e. The van der Waals surface area contributed by atoms with Crippen molar-refractivity contribution < 1.29 is 18.0 Å². The SMILES string of the molecule is Cc1cc(-c2ccnn2C)ccc1C(=O)Nc1cnc(-n2nccn2)c(C(F)(F)F)c1. The lowest BCUT2D eigenvalue weighted by atomic mass is 10.0. The van der Waals surface area contributed by atoms with E-state index in [1.54, 1.807) is 37.0 Å². The molecule has 1 aromatic carbocycles. The summed E-state index contributed by atoms with van der Waals surface area (Å²) in [6.07, 6.45) is 0.576. The number of benzene rings is 1. The maximum absolute atomic E-state index is 13.5. The first-order valence-electron chi connectivity index (χ1n) is 9.08. The van der Waals surface area contributed by atoms with E-state index >= 15 is 0 Å². The molecular weight excluding hydrogens is 411 g/mol. The number of hydrogen-bond acceptors (Lipinski definition) is 5. The Morgan fingerprint density at radius 2 is 1.77 bits per heavy atom. The van der Waals surface area contributed by atoms with Crippen molar-refractivity contribution in [3.05, 3.63) is 71.8 Å². The van der Waals surface area contributed by atoms with Crippen LogP contribution in [0.25, 0.3) is 17.1 Å². The number of aromatic nitrogens is 6. The molecule has 0 spiro atoms. The van der Waals surface area contributed by atoms with Crippen LogP contribution in [0.15, 0.2) is 55.1 Å². The van der Waals surface area contributed by atoms with Gasteiger partial charge in [-0.25, -0.2) is 4.98 Å². The molecule has 3 heterocycles. The molecule has 31 heavy (non-hydrogen) atoms. The van der Waals surface area contributed by atoms with Gasteiger partial charge in [-0.3, -0.25) is 9.48 Å². The van der Waals surface area contributed by atoms with Crippen LogP contribution in [0, 0.1) is 6.92 Å². The molecular formula is C20H16F3N7O. The first kappa shape index (κ1) is 20.3. The zero-order valence-corrected chi connectivity index (χ0v) is 16.4. The highest BCUT2D eigenvalue weighted by Crippen LogP contribution is 2.34. The Balaban J connectivity index is 1.62. The molecule has 0 bridgehead atoms. The van der Waals surface area contributed by atoms with Crippen molar-refractivity contribution in [1.29, 1.82) is 0 Å². The molecule has 3 aromatic heterocycles. The van der Waals surface area contributed by atoms with E-state index in [-0.39, 0.29) is 5.69 Å². The van der Waals surface area contributed by atoms with Crippen LogP contribution in [0.3, 0.4) is 0 Å². The lowest BCUT2D eigenvalue weighted by molar-refractivity contribution is -0.137. The molecule has 0 aliphatic rings. The molecule has 4 aromatic rings. The molecule has 1 N–H and O–H groups in total. The first-order chi connectivity index (χ1) is 14.7. The summed E-state index contributed by atoms with van der Waals surface area (Å²) in [5.41, 5.74) is 1.58. The summed E-state index contributed by atoms with van der Waals surface area (Å²) in [5.74, 6) is -1.03. The summed E-state index contributed by atoms with van der Waals surface area (Å²) in [7, 11) is 1.80. The second kappa shape index (κ2) is 7.67. The minimum absolute atomic E-state index is 0.0941. The van der Waals surface area contributed by atoms with Crippen LogP contribution in [0.4, 0.5) is 18.9 Å². The third-order valence-corrected chi connectivity index (χ3v) is 4.63. The Hall–Kier alpha value is -4.02. The molecule has 0 unspecified atom stereocenters. The zero-order chi connectivity index (χ0) is 22.2. The quantitative estimate of drug-likeness (QED) is 0.537. The maximum atomic E-state index is 13.5. The van der Waals surface area contributed by atoms with Gasteiger partial charge in [-0.2, -0.15) is 28.5 Å². The van der Waals surface area contributed by atoms with Crippen LogP contribution in [0.5, 0.6) is 0 Å². The third-order valence-electron chi connectivity index (χ3n) is 4.63. The van der Waals surface area contributed by atoms with Crippen LogP contribution in [-0.2, 0) is 13.2 Å². The van der Waals surface area contributed by atoms with Gasteiger partial charge >= 0.3 is 6.18 Å². The minimum atomic E-state index is -4.71. The van der Waals surface area contributed by atoms with E-state index in [1.165, 1.54) is 12.4 Å². The van der Waals surface area contributed by atoms with Gasteiger partial charge in [0.05, 0.1) is 30.0 Å². The highest BCUT2D eigenvalue weighted by atomic mass is 19.4. The Kier molecular flexibility index (Phi) is 5.01.